The van der Waals surface area contributed by atoms with Gasteiger partial charge in [0.2, 0.25) is 0 Å². The highest BCUT2D eigenvalue weighted by Gasteiger charge is 2.47. The van der Waals surface area contributed by atoms with Crippen molar-refractivity contribution in [3.8, 4) is 11.5 Å². The summed E-state index contributed by atoms with van der Waals surface area (Å²) in [6, 6.07) is 19.2. The minimum absolute atomic E-state index is 0.0225. The number of fused-ring (bicyclic) bond motifs is 1. The monoisotopic (exact) mass is 517 g/mol. The Morgan fingerprint density at radius 1 is 1.11 bits per heavy atom. The molecule has 5 rings (SSSR count). The fourth-order valence-corrected chi connectivity index (χ4v) is 7.14. The van der Waals surface area contributed by atoms with Crippen LogP contribution in [0.4, 0.5) is 0 Å². The number of ether oxygens (including phenoxy) is 2. The van der Waals surface area contributed by atoms with Crippen molar-refractivity contribution in [1.82, 2.24) is 4.98 Å². The molecule has 0 radical (unpaired) electrons. The topological polar surface area (TPSA) is 85.7 Å². The summed E-state index contributed by atoms with van der Waals surface area (Å²) in [5.74, 6) is 1.04. The molecule has 7 heteroatoms. The van der Waals surface area contributed by atoms with Crippen LogP contribution in [-0.2, 0) is 14.6 Å². The molecule has 2 aliphatic heterocycles. The molecular weight excluding hydrogens is 486 g/mol. The van der Waals surface area contributed by atoms with E-state index in [2.05, 4.69) is 11.1 Å². The Bertz CT molecular complexity index is 1420. The Morgan fingerprint density at radius 3 is 2.54 bits per heavy atom. The number of aromatic nitrogens is 1. The Labute approximate surface area is 218 Å². The molecule has 0 spiro atoms. The van der Waals surface area contributed by atoms with Gasteiger partial charge >= 0.3 is 0 Å². The van der Waals surface area contributed by atoms with Crippen molar-refractivity contribution in [2.75, 3.05) is 19.0 Å². The van der Waals surface area contributed by atoms with Crippen molar-refractivity contribution >= 4 is 21.5 Å². The predicted octanol–water partition coefficient (Wildman–Crippen LogP) is 5.30. The number of sulfone groups is 1. The molecule has 1 aromatic heterocycles. The molecular formula is C30H31NO5S. The van der Waals surface area contributed by atoms with Crippen molar-refractivity contribution in [2.24, 2.45) is 0 Å². The van der Waals surface area contributed by atoms with E-state index in [9.17, 15) is 13.5 Å². The van der Waals surface area contributed by atoms with Crippen LogP contribution in [0.3, 0.4) is 0 Å². The molecule has 2 aliphatic rings. The Morgan fingerprint density at radius 2 is 1.84 bits per heavy atom. The van der Waals surface area contributed by atoms with Crippen LogP contribution < -0.4 is 4.74 Å². The number of hydrogen-bond donors (Lipinski definition) is 1. The standard InChI is InChI=1S/C30H31NO5S/c1-20-14-22(15-21(2)30(20)32)16-23(26-10-6-7-13-31-26)11-12-27-29-24(17-35-25-8-4-3-5-9-25)19-37(33,34)28(29)18-36-27/h3-10,13-16,27-28,32H,11-12,17-19H2,1-2H3/b23-16-/t27-,28+/m1/s1. The molecule has 0 saturated carbocycles. The fraction of sp³-hybridized carbons (Fsp3) is 0.300. The number of benzene rings is 2. The molecule has 1 saturated heterocycles. The summed E-state index contributed by atoms with van der Waals surface area (Å²) in [4.78, 5) is 4.56. The smallest absolute Gasteiger partial charge is 0.163 e. The molecule has 3 aromatic rings. The second kappa shape index (κ2) is 10.5. The first-order valence-corrected chi connectivity index (χ1v) is 14.2. The summed E-state index contributed by atoms with van der Waals surface area (Å²) in [6.07, 6.45) is 4.86. The number of rotatable bonds is 8. The van der Waals surface area contributed by atoms with Gasteiger partial charge < -0.3 is 14.6 Å². The number of phenols is 1. The average Bonchev–Trinajstić information content (AvgIpc) is 3.44. The molecule has 2 aromatic carbocycles. The van der Waals surface area contributed by atoms with E-state index in [1.54, 1.807) is 6.20 Å². The molecule has 1 N–H and O–H groups in total. The predicted molar refractivity (Wildman–Crippen MR) is 145 cm³/mol. The van der Waals surface area contributed by atoms with Gasteiger partial charge in [-0.05, 0) is 103 Å². The first-order chi connectivity index (χ1) is 17.8. The quantitative estimate of drug-likeness (QED) is 0.409. The highest BCUT2D eigenvalue weighted by molar-refractivity contribution is 7.92. The number of phenolic OH excluding ortho intramolecular Hbond substituents is 1. The van der Waals surface area contributed by atoms with Crippen LogP contribution in [-0.4, -0.2) is 48.8 Å². The van der Waals surface area contributed by atoms with E-state index in [1.807, 2.05) is 74.5 Å². The van der Waals surface area contributed by atoms with E-state index in [4.69, 9.17) is 9.47 Å². The van der Waals surface area contributed by atoms with Crippen LogP contribution in [0.1, 0.15) is 35.2 Å². The van der Waals surface area contributed by atoms with Gasteiger partial charge in [0, 0.05) is 6.20 Å². The molecule has 0 unspecified atom stereocenters. The van der Waals surface area contributed by atoms with Gasteiger partial charge in [0.25, 0.3) is 0 Å². The van der Waals surface area contributed by atoms with Gasteiger partial charge in [0.1, 0.15) is 23.4 Å². The van der Waals surface area contributed by atoms with E-state index in [1.165, 1.54) is 0 Å². The van der Waals surface area contributed by atoms with Crippen LogP contribution >= 0.6 is 0 Å². The zero-order chi connectivity index (χ0) is 26.0. The van der Waals surface area contributed by atoms with E-state index in [0.717, 1.165) is 39.1 Å². The number of pyridine rings is 1. The van der Waals surface area contributed by atoms with E-state index in [0.29, 0.717) is 24.3 Å². The lowest BCUT2D eigenvalue weighted by atomic mass is 9.94. The van der Waals surface area contributed by atoms with Crippen molar-refractivity contribution in [3.05, 3.63) is 100 Å². The number of hydrogen-bond acceptors (Lipinski definition) is 6. The summed E-state index contributed by atoms with van der Waals surface area (Å²) < 4.78 is 37.7. The number of para-hydroxylation sites is 1. The maximum Gasteiger partial charge on any atom is 0.163 e. The zero-order valence-corrected chi connectivity index (χ0v) is 21.9. The number of aromatic hydroxyl groups is 1. The zero-order valence-electron chi connectivity index (χ0n) is 21.1. The van der Waals surface area contributed by atoms with Crippen molar-refractivity contribution in [1.29, 1.82) is 0 Å². The Kier molecular flexibility index (Phi) is 7.17. The third-order valence-electron chi connectivity index (χ3n) is 7.04. The summed E-state index contributed by atoms with van der Waals surface area (Å²) >= 11 is 0. The van der Waals surface area contributed by atoms with Crippen molar-refractivity contribution < 1.29 is 23.0 Å². The van der Waals surface area contributed by atoms with Crippen LogP contribution in [0.2, 0.25) is 0 Å². The van der Waals surface area contributed by atoms with Gasteiger partial charge in [-0.3, -0.25) is 4.98 Å². The molecule has 3 heterocycles. The normalized spacial score (nSPS) is 20.8. The molecule has 6 nitrogen and oxygen atoms in total. The minimum atomic E-state index is -3.29. The molecule has 37 heavy (non-hydrogen) atoms. The molecule has 2 atom stereocenters. The minimum Gasteiger partial charge on any atom is -0.507 e. The lowest BCUT2D eigenvalue weighted by Crippen LogP contribution is -2.19. The van der Waals surface area contributed by atoms with Crippen LogP contribution in [0.5, 0.6) is 11.5 Å². The van der Waals surface area contributed by atoms with Gasteiger partial charge in [-0.2, -0.15) is 0 Å². The summed E-state index contributed by atoms with van der Waals surface area (Å²) in [7, 11) is -3.29. The Balaban J connectivity index is 1.40. The van der Waals surface area contributed by atoms with E-state index in [-0.39, 0.29) is 25.1 Å². The lowest BCUT2D eigenvalue weighted by molar-refractivity contribution is 0.118. The molecule has 1 fully saturated rings. The highest BCUT2D eigenvalue weighted by atomic mass is 32.2. The summed E-state index contributed by atoms with van der Waals surface area (Å²) in [5.41, 5.74) is 6.19. The van der Waals surface area contributed by atoms with Gasteiger partial charge in [-0.25, -0.2) is 8.42 Å². The largest absolute Gasteiger partial charge is 0.507 e. The van der Waals surface area contributed by atoms with Crippen molar-refractivity contribution in [2.45, 2.75) is 38.0 Å². The first-order valence-electron chi connectivity index (χ1n) is 12.5. The van der Waals surface area contributed by atoms with Gasteiger partial charge in [-0.15, -0.1) is 0 Å². The Hall–Kier alpha value is -3.42. The summed E-state index contributed by atoms with van der Waals surface area (Å²) in [6.45, 7) is 4.21. The van der Waals surface area contributed by atoms with Crippen LogP contribution in [0.15, 0.2) is 78.0 Å². The van der Waals surface area contributed by atoms with Gasteiger partial charge in [0.05, 0.1) is 24.2 Å². The van der Waals surface area contributed by atoms with Crippen LogP contribution in [0, 0.1) is 13.8 Å². The highest BCUT2D eigenvalue weighted by Crippen LogP contribution is 2.39. The summed E-state index contributed by atoms with van der Waals surface area (Å²) in [5, 5.41) is 9.60. The lowest BCUT2D eigenvalue weighted by Gasteiger charge is -2.16. The van der Waals surface area contributed by atoms with E-state index < -0.39 is 15.1 Å². The third-order valence-corrected chi connectivity index (χ3v) is 9.05. The number of nitrogens with zero attached hydrogens (tertiary/aromatic N) is 1. The van der Waals surface area contributed by atoms with E-state index >= 15 is 0 Å². The third kappa shape index (κ3) is 5.48. The maximum absolute atomic E-state index is 12.9. The molecule has 0 amide bonds. The molecule has 0 aliphatic carbocycles. The average molecular weight is 518 g/mol. The maximum atomic E-state index is 12.9. The molecule has 0 bridgehead atoms. The van der Waals surface area contributed by atoms with Crippen molar-refractivity contribution in [3.63, 3.8) is 0 Å². The second-order valence-corrected chi connectivity index (χ2v) is 11.9. The fourth-order valence-electron chi connectivity index (χ4n) is 5.21. The SMILES string of the molecule is Cc1cc(/C=C(/CC[C@H]2OC[C@H]3C2=C(COc2ccccc2)CS3(=O)=O)c2ccccn2)cc(C)c1O. The molecule has 192 valence electrons. The van der Waals surface area contributed by atoms with Crippen LogP contribution in [0.25, 0.3) is 11.6 Å². The number of aryl methyl sites for hydroxylation is 2. The first kappa shape index (κ1) is 25.2. The number of allylic oxidation sites excluding steroid dienone is 1. The second-order valence-electron chi connectivity index (χ2n) is 9.70. The van der Waals surface area contributed by atoms with Gasteiger partial charge in [-0.1, -0.05) is 24.3 Å². The van der Waals surface area contributed by atoms with Gasteiger partial charge in [0.15, 0.2) is 9.84 Å².